The molecule has 0 amide bonds. The quantitative estimate of drug-likeness (QED) is 0.552. The number of carbonyl (C=O) groups excluding carboxylic acids is 1. The molecular formula is C5H7OS. The Kier molecular flexibility index (Phi) is 3.80. The summed E-state index contributed by atoms with van der Waals surface area (Å²) < 4.78 is 0. The largest absolute Gasteiger partial charge is 0.290 e. The van der Waals surface area contributed by atoms with Gasteiger partial charge in [0, 0.05) is 0 Å². The molecule has 0 fully saturated rings. The number of allylic oxidation sites excluding steroid dienone is 1. The van der Waals surface area contributed by atoms with Gasteiger partial charge in [-0.2, -0.15) is 0 Å². The van der Waals surface area contributed by atoms with Crippen molar-refractivity contribution in [2.45, 2.75) is 6.92 Å². The van der Waals surface area contributed by atoms with E-state index in [-0.39, 0.29) is 0 Å². The van der Waals surface area contributed by atoms with Crippen LogP contribution in [0.4, 0.5) is 0 Å². The molecule has 0 aliphatic heterocycles. The van der Waals surface area contributed by atoms with Crippen molar-refractivity contribution in [3.63, 3.8) is 0 Å². The van der Waals surface area contributed by atoms with E-state index in [1.165, 1.54) is 11.8 Å². The molecule has 0 aromatic rings. The highest BCUT2D eigenvalue weighted by molar-refractivity contribution is 8.03. The summed E-state index contributed by atoms with van der Waals surface area (Å²) in [5.74, 6) is 0.412. The predicted octanol–water partition coefficient (Wildman–Crippen LogP) is 1.36. The summed E-state index contributed by atoms with van der Waals surface area (Å²) in [6.45, 7) is 5.44. The summed E-state index contributed by atoms with van der Waals surface area (Å²) in [6, 6.07) is 0. The highest BCUT2D eigenvalue weighted by Crippen LogP contribution is 2.08. The van der Waals surface area contributed by atoms with Crippen molar-refractivity contribution < 1.29 is 4.79 Å². The molecule has 7 heavy (non-hydrogen) atoms. The molecule has 0 unspecified atom stereocenters. The average Bonchev–Trinajstić information content (AvgIpc) is 1.61. The Hall–Kier alpha value is -0.240. The van der Waals surface area contributed by atoms with E-state index in [9.17, 15) is 4.79 Å². The number of hydrogen-bond acceptors (Lipinski definition) is 2. The average molecular weight is 115 g/mol. The fourth-order valence-corrected chi connectivity index (χ4v) is 0.458. The summed E-state index contributed by atoms with van der Waals surface area (Å²) in [7, 11) is 0. The Bertz CT molecular complexity index is 78.1. The van der Waals surface area contributed by atoms with Crippen LogP contribution in [0.2, 0.25) is 0 Å². The van der Waals surface area contributed by atoms with Gasteiger partial charge in [-0.15, -0.1) is 11.8 Å². The van der Waals surface area contributed by atoms with Crippen LogP contribution in [0.15, 0.2) is 11.5 Å². The second-order valence-electron chi connectivity index (χ2n) is 1.14. The lowest BCUT2D eigenvalue weighted by Crippen LogP contribution is -1.74. The molecule has 1 radical (unpaired) electrons. The molecule has 0 saturated carbocycles. The zero-order valence-corrected chi connectivity index (χ0v) is 5.05. The molecule has 0 spiro atoms. The SMILES string of the molecule is C=C(C)SC[C]=O. The Balaban J connectivity index is 2.97. The first-order chi connectivity index (χ1) is 3.27. The second-order valence-corrected chi connectivity index (χ2v) is 2.41. The molecule has 0 heterocycles. The van der Waals surface area contributed by atoms with Gasteiger partial charge in [0.25, 0.3) is 0 Å². The van der Waals surface area contributed by atoms with E-state index < -0.39 is 0 Å². The van der Waals surface area contributed by atoms with Crippen molar-refractivity contribution in [3.05, 3.63) is 11.5 Å². The van der Waals surface area contributed by atoms with E-state index in [0.717, 1.165) is 4.91 Å². The van der Waals surface area contributed by atoms with E-state index >= 15 is 0 Å². The lowest BCUT2D eigenvalue weighted by Gasteiger charge is -1.86. The first-order valence-electron chi connectivity index (χ1n) is 1.90. The van der Waals surface area contributed by atoms with Crippen LogP contribution in [0.1, 0.15) is 6.92 Å². The molecule has 0 aromatic heterocycles. The van der Waals surface area contributed by atoms with E-state index in [1.807, 2.05) is 6.92 Å². The molecule has 2 heteroatoms. The number of hydrogen-bond donors (Lipinski definition) is 0. The standard InChI is InChI=1S/C5H7OS/c1-5(2)7-4-3-6/h1,4H2,2H3. The van der Waals surface area contributed by atoms with Crippen LogP contribution >= 0.6 is 11.8 Å². The second kappa shape index (κ2) is 3.93. The number of rotatable bonds is 3. The topological polar surface area (TPSA) is 17.1 Å². The normalized spacial score (nSPS) is 8.14. The summed E-state index contributed by atoms with van der Waals surface area (Å²) >= 11 is 1.41. The number of thioether (sulfide) groups is 1. The molecular weight excluding hydrogens is 108 g/mol. The van der Waals surface area contributed by atoms with E-state index in [4.69, 9.17) is 0 Å². The summed E-state index contributed by atoms with van der Waals surface area (Å²) in [5.41, 5.74) is 0. The smallest absolute Gasteiger partial charge is 0.209 e. The van der Waals surface area contributed by atoms with E-state index in [1.54, 1.807) is 6.29 Å². The van der Waals surface area contributed by atoms with Gasteiger partial charge in [-0.1, -0.05) is 6.58 Å². The van der Waals surface area contributed by atoms with Crippen molar-refractivity contribution in [2.24, 2.45) is 0 Å². The van der Waals surface area contributed by atoms with Gasteiger partial charge in [0.05, 0.1) is 5.75 Å². The van der Waals surface area contributed by atoms with Crippen molar-refractivity contribution >= 4 is 18.0 Å². The molecule has 0 saturated heterocycles. The maximum absolute atomic E-state index is 9.52. The third-order valence-corrected chi connectivity index (χ3v) is 1.13. The van der Waals surface area contributed by atoms with Gasteiger partial charge in [0.1, 0.15) is 0 Å². The zero-order chi connectivity index (χ0) is 5.70. The van der Waals surface area contributed by atoms with Gasteiger partial charge in [0.2, 0.25) is 6.29 Å². The maximum Gasteiger partial charge on any atom is 0.209 e. The molecule has 0 aromatic carbocycles. The summed E-state index contributed by atoms with van der Waals surface area (Å²) in [6.07, 6.45) is 1.75. The monoisotopic (exact) mass is 115 g/mol. The van der Waals surface area contributed by atoms with E-state index in [0.29, 0.717) is 5.75 Å². The van der Waals surface area contributed by atoms with Gasteiger partial charge in [-0.25, -0.2) is 0 Å². The molecule has 0 N–H and O–H groups in total. The summed E-state index contributed by atoms with van der Waals surface area (Å²) in [5, 5.41) is 0. The maximum atomic E-state index is 9.52. The van der Waals surface area contributed by atoms with Crippen molar-refractivity contribution in [3.8, 4) is 0 Å². The fourth-order valence-electron chi connectivity index (χ4n) is 0.153. The van der Waals surface area contributed by atoms with Crippen LogP contribution in [0.3, 0.4) is 0 Å². The molecule has 0 rings (SSSR count). The Morgan fingerprint density at radius 3 is 2.71 bits per heavy atom. The van der Waals surface area contributed by atoms with Gasteiger partial charge in [0.15, 0.2) is 0 Å². The van der Waals surface area contributed by atoms with Crippen molar-refractivity contribution in [1.82, 2.24) is 0 Å². The zero-order valence-electron chi connectivity index (χ0n) is 4.23. The minimum Gasteiger partial charge on any atom is -0.290 e. The Labute approximate surface area is 47.8 Å². The predicted molar refractivity (Wildman–Crippen MR) is 33.0 cm³/mol. The highest BCUT2D eigenvalue weighted by Gasteiger charge is 1.82. The van der Waals surface area contributed by atoms with Crippen LogP contribution in [0.5, 0.6) is 0 Å². The third kappa shape index (κ3) is 5.76. The molecule has 0 aliphatic carbocycles. The lowest BCUT2D eigenvalue weighted by atomic mass is 10.8. The van der Waals surface area contributed by atoms with Crippen LogP contribution in [0.25, 0.3) is 0 Å². The van der Waals surface area contributed by atoms with Gasteiger partial charge in [-0.05, 0) is 11.8 Å². The Morgan fingerprint density at radius 2 is 2.57 bits per heavy atom. The van der Waals surface area contributed by atoms with Gasteiger partial charge < -0.3 is 0 Å². The van der Waals surface area contributed by atoms with Crippen molar-refractivity contribution in [1.29, 1.82) is 0 Å². The molecule has 0 aliphatic rings. The molecule has 0 atom stereocenters. The van der Waals surface area contributed by atoms with Crippen LogP contribution in [0, 0.1) is 0 Å². The van der Waals surface area contributed by atoms with Gasteiger partial charge >= 0.3 is 0 Å². The molecule has 0 bridgehead atoms. The third-order valence-electron chi connectivity index (χ3n) is 0.377. The van der Waals surface area contributed by atoms with Crippen molar-refractivity contribution in [2.75, 3.05) is 5.75 Å². The van der Waals surface area contributed by atoms with E-state index in [2.05, 4.69) is 6.58 Å². The molecule has 1 nitrogen and oxygen atoms in total. The van der Waals surface area contributed by atoms with Crippen LogP contribution in [-0.4, -0.2) is 12.0 Å². The summed E-state index contributed by atoms with van der Waals surface area (Å²) in [4.78, 5) is 10.5. The lowest BCUT2D eigenvalue weighted by molar-refractivity contribution is 0.560. The molecule has 39 valence electrons. The first-order valence-corrected chi connectivity index (χ1v) is 2.89. The fraction of sp³-hybridized carbons (Fsp3) is 0.400. The van der Waals surface area contributed by atoms with Gasteiger partial charge in [-0.3, -0.25) is 4.79 Å². The minimum atomic E-state index is 0.412. The Morgan fingerprint density at radius 1 is 2.00 bits per heavy atom. The van der Waals surface area contributed by atoms with Crippen LogP contribution in [-0.2, 0) is 4.79 Å². The minimum absolute atomic E-state index is 0.412. The van der Waals surface area contributed by atoms with Crippen LogP contribution < -0.4 is 0 Å². The first kappa shape index (κ1) is 6.76. The highest BCUT2D eigenvalue weighted by atomic mass is 32.2.